The van der Waals surface area contributed by atoms with E-state index in [1.54, 1.807) is 12.5 Å². The van der Waals surface area contributed by atoms with Crippen LogP contribution in [0.15, 0.2) is 12.5 Å². The highest BCUT2D eigenvalue weighted by Crippen LogP contribution is 1.93. The molecule has 0 spiro atoms. The van der Waals surface area contributed by atoms with Crippen LogP contribution in [0, 0.1) is 0 Å². The summed E-state index contributed by atoms with van der Waals surface area (Å²) in [5.41, 5.74) is 6.64. The van der Waals surface area contributed by atoms with Crippen LogP contribution in [0.2, 0.25) is 0 Å². The summed E-state index contributed by atoms with van der Waals surface area (Å²) in [4.78, 5) is 6.84. The standard InChI is InChI=1S/C6H11N3.2CH4/c1-5(7)2-6-3-8-4-9-6;;/h3-5H,2,7H2,1H3,(H,8,9);2*1H4/t5-;;/m1../s1. The molecular weight excluding hydrogens is 138 g/mol. The fourth-order valence-corrected chi connectivity index (χ4v) is 0.743. The minimum atomic E-state index is 0. The lowest BCUT2D eigenvalue weighted by atomic mass is 10.2. The summed E-state index contributed by atoms with van der Waals surface area (Å²) >= 11 is 0. The first-order chi connectivity index (χ1) is 4.29. The van der Waals surface area contributed by atoms with Crippen LogP contribution < -0.4 is 5.73 Å². The van der Waals surface area contributed by atoms with Crippen molar-refractivity contribution in [1.29, 1.82) is 0 Å². The number of aromatic nitrogens is 2. The second kappa shape index (κ2) is 5.92. The van der Waals surface area contributed by atoms with Crippen LogP contribution >= 0.6 is 0 Å². The van der Waals surface area contributed by atoms with Gasteiger partial charge in [-0.3, -0.25) is 0 Å². The Morgan fingerprint density at radius 2 is 2.27 bits per heavy atom. The van der Waals surface area contributed by atoms with Gasteiger partial charge in [-0.05, 0) is 6.92 Å². The molecule has 0 aliphatic rings. The first-order valence-electron chi connectivity index (χ1n) is 3.02. The molecule has 0 aromatic carbocycles. The van der Waals surface area contributed by atoms with Crippen molar-refractivity contribution in [2.24, 2.45) is 5.73 Å². The molecule has 1 aromatic rings. The van der Waals surface area contributed by atoms with Crippen molar-refractivity contribution in [2.45, 2.75) is 34.2 Å². The molecule has 0 fully saturated rings. The van der Waals surface area contributed by atoms with E-state index in [0.717, 1.165) is 12.1 Å². The van der Waals surface area contributed by atoms with Crippen LogP contribution in [0.4, 0.5) is 0 Å². The number of hydrogen-bond donors (Lipinski definition) is 2. The Kier molecular flexibility index (Phi) is 6.89. The van der Waals surface area contributed by atoms with Crippen LogP contribution in [0.5, 0.6) is 0 Å². The number of nitrogens with zero attached hydrogens (tertiary/aromatic N) is 1. The zero-order valence-corrected chi connectivity index (χ0v) is 5.46. The molecule has 0 saturated heterocycles. The number of aromatic amines is 1. The topological polar surface area (TPSA) is 54.7 Å². The van der Waals surface area contributed by atoms with E-state index in [-0.39, 0.29) is 20.9 Å². The lowest BCUT2D eigenvalue weighted by Crippen LogP contribution is -2.17. The van der Waals surface area contributed by atoms with Gasteiger partial charge < -0.3 is 10.7 Å². The van der Waals surface area contributed by atoms with Crippen molar-refractivity contribution < 1.29 is 0 Å². The molecule has 0 aliphatic carbocycles. The van der Waals surface area contributed by atoms with Crippen LogP contribution in [0.1, 0.15) is 27.5 Å². The summed E-state index contributed by atoms with van der Waals surface area (Å²) in [6.07, 6.45) is 4.33. The number of imidazole rings is 1. The Morgan fingerprint density at radius 3 is 2.64 bits per heavy atom. The van der Waals surface area contributed by atoms with Gasteiger partial charge in [0.25, 0.3) is 0 Å². The maximum atomic E-state index is 5.54. The normalized spacial score (nSPS) is 11.1. The van der Waals surface area contributed by atoms with Gasteiger partial charge in [0.1, 0.15) is 0 Å². The van der Waals surface area contributed by atoms with E-state index in [2.05, 4.69) is 9.97 Å². The van der Waals surface area contributed by atoms with E-state index in [1.165, 1.54) is 0 Å². The van der Waals surface area contributed by atoms with E-state index in [1.807, 2.05) is 6.92 Å². The van der Waals surface area contributed by atoms with Crippen molar-refractivity contribution >= 4 is 0 Å². The fourth-order valence-electron chi connectivity index (χ4n) is 0.743. The van der Waals surface area contributed by atoms with Crippen molar-refractivity contribution in [2.75, 3.05) is 0 Å². The maximum absolute atomic E-state index is 5.54. The largest absolute Gasteiger partial charge is 0.348 e. The van der Waals surface area contributed by atoms with Crippen molar-refractivity contribution in [3.63, 3.8) is 0 Å². The second-order valence-electron chi connectivity index (χ2n) is 2.26. The third-order valence-corrected chi connectivity index (χ3v) is 1.10. The SMILES string of the molecule is C.C.C[C@@H](N)Cc1cnc[nH]1. The summed E-state index contributed by atoms with van der Waals surface area (Å²) in [7, 11) is 0. The molecule has 0 saturated carbocycles. The summed E-state index contributed by atoms with van der Waals surface area (Å²) in [6.45, 7) is 1.97. The molecule has 1 rings (SSSR count). The quantitative estimate of drug-likeness (QED) is 0.684. The van der Waals surface area contributed by atoms with E-state index in [0.29, 0.717) is 0 Å². The van der Waals surface area contributed by atoms with Crippen LogP contribution in [-0.2, 0) is 6.42 Å². The third-order valence-electron chi connectivity index (χ3n) is 1.10. The minimum absolute atomic E-state index is 0. The Balaban J connectivity index is 0. The van der Waals surface area contributed by atoms with Gasteiger partial charge in [0, 0.05) is 24.4 Å². The molecule has 66 valence electrons. The zero-order valence-electron chi connectivity index (χ0n) is 5.46. The maximum Gasteiger partial charge on any atom is 0.0921 e. The lowest BCUT2D eigenvalue weighted by molar-refractivity contribution is 0.725. The minimum Gasteiger partial charge on any atom is -0.348 e. The highest BCUT2D eigenvalue weighted by molar-refractivity contribution is 4.95. The molecule has 11 heavy (non-hydrogen) atoms. The average Bonchev–Trinajstić information content (AvgIpc) is 2.15. The fraction of sp³-hybridized carbons (Fsp3) is 0.625. The van der Waals surface area contributed by atoms with Gasteiger partial charge in [-0.25, -0.2) is 4.98 Å². The van der Waals surface area contributed by atoms with Gasteiger partial charge in [0.2, 0.25) is 0 Å². The van der Waals surface area contributed by atoms with Gasteiger partial charge >= 0.3 is 0 Å². The summed E-state index contributed by atoms with van der Waals surface area (Å²) in [5, 5.41) is 0. The molecule has 0 amide bonds. The van der Waals surface area contributed by atoms with Gasteiger partial charge in [-0.2, -0.15) is 0 Å². The number of H-pyrrole nitrogens is 1. The Hall–Kier alpha value is -0.830. The van der Waals surface area contributed by atoms with Gasteiger partial charge in [-0.1, -0.05) is 14.9 Å². The van der Waals surface area contributed by atoms with E-state index in [9.17, 15) is 0 Å². The average molecular weight is 157 g/mol. The lowest BCUT2D eigenvalue weighted by Gasteiger charge is -1.99. The monoisotopic (exact) mass is 157 g/mol. The van der Waals surface area contributed by atoms with Crippen LogP contribution in [-0.4, -0.2) is 16.0 Å². The van der Waals surface area contributed by atoms with Gasteiger partial charge in [0.05, 0.1) is 6.33 Å². The predicted molar refractivity (Wildman–Crippen MR) is 49.4 cm³/mol. The molecule has 0 unspecified atom stereocenters. The molecular formula is C8H19N3. The van der Waals surface area contributed by atoms with Crippen molar-refractivity contribution in [1.82, 2.24) is 9.97 Å². The summed E-state index contributed by atoms with van der Waals surface area (Å²) < 4.78 is 0. The molecule has 1 atom stereocenters. The van der Waals surface area contributed by atoms with Crippen LogP contribution in [0.3, 0.4) is 0 Å². The third kappa shape index (κ3) is 4.56. The smallest absolute Gasteiger partial charge is 0.0921 e. The Morgan fingerprint density at radius 1 is 1.64 bits per heavy atom. The Bertz CT molecular complexity index is 156. The van der Waals surface area contributed by atoms with Gasteiger partial charge in [0.15, 0.2) is 0 Å². The van der Waals surface area contributed by atoms with Crippen LogP contribution in [0.25, 0.3) is 0 Å². The predicted octanol–water partition coefficient (Wildman–Crippen LogP) is 1.57. The second-order valence-corrected chi connectivity index (χ2v) is 2.26. The molecule has 3 nitrogen and oxygen atoms in total. The molecule has 0 radical (unpaired) electrons. The molecule has 3 N–H and O–H groups in total. The molecule has 1 aromatic heterocycles. The number of rotatable bonds is 2. The Labute approximate surface area is 69.0 Å². The molecule has 0 aliphatic heterocycles. The van der Waals surface area contributed by atoms with E-state index < -0.39 is 0 Å². The first-order valence-corrected chi connectivity index (χ1v) is 3.02. The number of nitrogens with one attached hydrogen (secondary N) is 1. The first kappa shape index (κ1) is 12.8. The van der Waals surface area contributed by atoms with Gasteiger partial charge in [-0.15, -0.1) is 0 Å². The summed E-state index contributed by atoms with van der Waals surface area (Å²) in [5.74, 6) is 0. The zero-order chi connectivity index (χ0) is 6.69. The van der Waals surface area contributed by atoms with E-state index >= 15 is 0 Å². The molecule has 0 bridgehead atoms. The van der Waals surface area contributed by atoms with E-state index in [4.69, 9.17) is 5.73 Å². The highest BCUT2D eigenvalue weighted by Gasteiger charge is 1.96. The molecule has 1 heterocycles. The summed E-state index contributed by atoms with van der Waals surface area (Å²) in [6, 6.07) is 0.213. The number of hydrogen-bond acceptors (Lipinski definition) is 2. The number of nitrogens with two attached hydrogens (primary N) is 1. The highest BCUT2D eigenvalue weighted by atomic mass is 14.9. The molecule has 3 heteroatoms. The van der Waals surface area contributed by atoms with Crippen molar-refractivity contribution in [3.05, 3.63) is 18.2 Å². The van der Waals surface area contributed by atoms with Crippen molar-refractivity contribution in [3.8, 4) is 0 Å².